The number of ether oxygens (including phenoxy) is 4. The van der Waals surface area contributed by atoms with E-state index in [4.69, 9.17) is 23.9 Å². The fraction of sp³-hybridized carbons (Fsp3) is 0.269. The molecule has 1 unspecified atom stereocenters. The van der Waals surface area contributed by atoms with Crippen LogP contribution in [0.3, 0.4) is 0 Å². The minimum atomic E-state index is 0.0574. The summed E-state index contributed by atoms with van der Waals surface area (Å²) < 4.78 is 22.0. The summed E-state index contributed by atoms with van der Waals surface area (Å²) in [6, 6.07) is 20.6. The van der Waals surface area contributed by atoms with Crippen molar-refractivity contribution >= 4 is 5.71 Å². The van der Waals surface area contributed by atoms with E-state index in [-0.39, 0.29) is 6.04 Å². The van der Waals surface area contributed by atoms with Gasteiger partial charge in [0.1, 0.15) is 0 Å². The molecule has 0 amide bonds. The Labute approximate surface area is 183 Å². The molecule has 0 saturated carbocycles. The van der Waals surface area contributed by atoms with Crippen molar-refractivity contribution in [1.29, 1.82) is 0 Å². The Morgan fingerprint density at radius 1 is 0.742 bits per heavy atom. The maximum absolute atomic E-state index is 5.56. The van der Waals surface area contributed by atoms with Crippen molar-refractivity contribution in [2.24, 2.45) is 4.99 Å². The second-order valence-corrected chi connectivity index (χ2v) is 7.44. The third-order valence-corrected chi connectivity index (χ3v) is 5.65. The molecule has 0 fully saturated rings. The minimum absolute atomic E-state index is 0.0574. The van der Waals surface area contributed by atoms with E-state index in [0.717, 1.165) is 29.0 Å². The number of nitrogens with zero attached hydrogens (tertiary/aromatic N) is 1. The van der Waals surface area contributed by atoms with Crippen LogP contribution in [0, 0.1) is 0 Å². The fourth-order valence-electron chi connectivity index (χ4n) is 4.06. The molecule has 3 aromatic carbocycles. The lowest BCUT2D eigenvalue weighted by Crippen LogP contribution is -2.18. The Balaban J connectivity index is 1.78. The Morgan fingerprint density at radius 3 is 2.06 bits per heavy atom. The average molecular weight is 418 g/mol. The maximum Gasteiger partial charge on any atom is 0.161 e. The first-order valence-electron chi connectivity index (χ1n) is 10.2. The second kappa shape index (κ2) is 9.13. The Bertz CT molecular complexity index is 1090. The summed E-state index contributed by atoms with van der Waals surface area (Å²) in [5, 5.41) is 0. The third-order valence-electron chi connectivity index (χ3n) is 5.65. The van der Waals surface area contributed by atoms with Gasteiger partial charge >= 0.3 is 0 Å². The minimum Gasteiger partial charge on any atom is -0.493 e. The number of hydrogen-bond donors (Lipinski definition) is 0. The normalized spacial score (nSPS) is 15.0. The van der Waals surface area contributed by atoms with Crippen LogP contribution >= 0.6 is 0 Å². The van der Waals surface area contributed by atoms with Crippen LogP contribution in [0.5, 0.6) is 23.0 Å². The van der Waals surface area contributed by atoms with Gasteiger partial charge in [0.25, 0.3) is 0 Å². The van der Waals surface area contributed by atoms with Gasteiger partial charge < -0.3 is 18.9 Å². The van der Waals surface area contributed by atoms with Gasteiger partial charge in [-0.25, -0.2) is 0 Å². The molecule has 0 saturated heterocycles. The molecule has 0 aliphatic carbocycles. The molecule has 31 heavy (non-hydrogen) atoms. The molecule has 5 nitrogen and oxygen atoms in total. The molecule has 0 radical (unpaired) electrons. The van der Waals surface area contributed by atoms with Crippen LogP contribution in [0.15, 0.2) is 65.7 Å². The van der Waals surface area contributed by atoms with Crippen molar-refractivity contribution in [3.8, 4) is 23.0 Å². The van der Waals surface area contributed by atoms with Crippen molar-refractivity contribution in [2.45, 2.75) is 18.9 Å². The largest absolute Gasteiger partial charge is 0.493 e. The highest BCUT2D eigenvalue weighted by atomic mass is 16.5. The zero-order valence-electron chi connectivity index (χ0n) is 18.3. The molecule has 4 rings (SSSR count). The van der Waals surface area contributed by atoms with E-state index in [0.29, 0.717) is 23.7 Å². The second-order valence-electron chi connectivity index (χ2n) is 7.44. The number of methoxy groups -OCH3 is 4. The summed E-state index contributed by atoms with van der Waals surface area (Å²) in [5.41, 5.74) is 5.62. The highest BCUT2D eigenvalue weighted by Crippen LogP contribution is 2.38. The van der Waals surface area contributed by atoms with Gasteiger partial charge in [-0.2, -0.15) is 0 Å². The van der Waals surface area contributed by atoms with Gasteiger partial charge in [-0.1, -0.05) is 36.4 Å². The summed E-state index contributed by atoms with van der Waals surface area (Å²) >= 11 is 0. The zero-order valence-corrected chi connectivity index (χ0v) is 18.3. The Kier molecular flexibility index (Phi) is 6.12. The van der Waals surface area contributed by atoms with Crippen molar-refractivity contribution in [2.75, 3.05) is 28.4 Å². The Hall–Kier alpha value is -3.47. The molecular weight excluding hydrogens is 390 g/mol. The molecule has 160 valence electrons. The smallest absolute Gasteiger partial charge is 0.161 e. The monoisotopic (exact) mass is 417 g/mol. The van der Waals surface area contributed by atoms with Crippen molar-refractivity contribution < 1.29 is 18.9 Å². The maximum atomic E-state index is 5.56. The molecule has 5 heteroatoms. The molecule has 0 N–H and O–H groups in total. The van der Waals surface area contributed by atoms with Crippen molar-refractivity contribution in [1.82, 2.24) is 0 Å². The lowest BCUT2D eigenvalue weighted by Gasteiger charge is -2.25. The van der Waals surface area contributed by atoms with Gasteiger partial charge in [0, 0.05) is 17.7 Å². The SMILES string of the molecule is COc1ccc(CC2=NC(c3ccccc3)Cc3cc(OC)c(OC)cc32)cc1OC. The molecule has 0 aromatic heterocycles. The fourth-order valence-corrected chi connectivity index (χ4v) is 4.06. The van der Waals surface area contributed by atoms with E-state index in [1.807, 2.05) is 24.3 Å². The summed E-state index contributed by atoms with van der Waals surface area (Å²) in [4.78, 5) is 5.17. The number of fused-ring (bicyclic) bond motifs is 1. The van der Waals surface area contributed by atoms with Crippen LogP contribution in [0.1, 0.15) is 28.3 Å². The van der Waals surface area contributed by atoms with Crippen LogP contribution in [-0.4, -0.2) is 34.2 Å². The van der Waals surface area contributed by atoms with Crippen molar-refractivity contribution in [3.05, 3.63) is 82.9 Å². The number of hydrogen-bond acceptors (Lipinski definition) is 5. The van der Waals surface area contributed by atoms with Crippen molar-refractivity contribution in [3.63, 3.8) is 0 Å². The first-order chi connectivity index (χ1) is 15.2. The van der Waals surface area contributed by atoms with E-state index >= 15 is 0 Å². The lowest BCUT2D eigenvalue weighted by molar-refractivity contribution is 0.354. The summed E-state index contributed by atoms with van der Waals surface area (Å²) in [6.45, 7) is 0. The molecule has 0 spiro atoms. The predicted octanol–water partition coefficient (Wildman–Crippen LogP) is 5.05. The van der Waals surface area contributed by atoms with E-state index in [1.165, 1.54) is 11.1 Å². The lowest BCUT2D eigenvalue weighted by atomic mass is 9.88. The van der Waals surface area contributed by atoms with Gasteiger partial charge in [-0.05, 0) is 47.4 Å². The molecule has 1 aliphatic rings. The number of rotatable bonds is 7. The quantitative estimate of drug-likeness (QED) is 0.540. The molecule has 3 aromatic rings. The molecule has 1 atom stereocenters. The first-order valence-corrected chi connectivity index (χ1v) is 10.2. The zero-order chi connectivity index (χ0) is 21.8. The third kappa shape index (κ3) is 4.22. The van der Waals surface area contributed by atoms with Gasteiger partial charge in [0.15, 0.2) is 23.0 Å². The van der Waals surface area contributed by atoms with Crippen LogP contribution in [0.25, 0.3) is 0 Å². The standard InChI is InChI=1S/C26H27NO4/c1-28-23-11-10-17(13-24(23)29-2)12-22-20-16-26(31-4)25(30-3)15-19(20)14-21(27-22)18-8-6-5-7-9-18/h5-11,13,15-16,21H,12,14H2,1-4H3. The highest BCUT2D eigenvalue weighted by Gasteiger charge is 2.25. The molecule has 1 heterocycles. The molecular formula is C26H27NO4. The van der Waals surface area contributed by atoms with Crippen LogP contribution in [0.4, 0.5) is 0 Å². The van der Waals surface area contributed by atoms with Crippen LogP contribution in [-0.2, 0) is 12.8 Å². The van der Waals surface area contributed by atoms with Crippen LogP contribution < -0.4 is 18.9 Å². The van der Waals surface area contributed by atoms with E-state index < -0.39 is 0 Å². The van der Waals surface area contributed by atoms with Gasteiger partial charge in [-0.15, -0.1) is 0 Å². The Morgan fingerprint density at radius 2 is 1.39 bits per heavy atom. The molecule has 1 aliphatic heterocycles. The van der Waals surface area contributed by atoms with Gasteiger partial charge in [0.05, 0.1) is 34.5 Å². The summed E-state index contributed by atoms with van der Waals surface area (Å²) in [6.07, 6.45) is 1.49. The summed E-state index contributed by atoms with van der Waals surface area (Å²) in [7, 11) is 6.62. The first kappa shape index (κ1) is 20.8. The number of aliphatic imine (C=N–C) groups is 1. The van der Waals surface area contributed by atoms with E-state index in [1.54, 1.807) is 28.4 Å². The van der Waals surface area contributed by atoms with E-state index in [9.17, 15) is 0 Å². The topological polar surface area (TPSA) is 49.3 Å². The average Bonchev–Trinajstić information content (AvgIpc) is 2.83. The summed E-state index contributed by atoms with van der Waals surface area (Å²) in [5.74, 6) is 2.87. The van der Waals surface area contributed by atoms with E-state index in [2.05, 4.69) is 36.4 Å². The van der Waals surface area contributed by atoms with Gasteiger partial charge in [0.2, 0.25) is 0 Å². The predicted molar refractivity (Wildman–Crippen MR) is 122 cm³/mol. The van der Waals surface area contributed by atoms with Gasteiger partial charge in [-0.3, -0.25) is 4.99 Å². The number of benzene rings is 3. The highest BCUT2D eigenvalue weighted by molar-refractivity contribution is 6.04. The molecule has 0 bridgehead atoms. The van der Waals surface area contributed by atoms with Crippen LogP contribution in [0.2, 0.25) is 0 Å².